The standard InChI is InChI=1S/C20H32O2/c1-7-19(5,22)11-12-20(6)14(2)13-16(21)17-15(20)9-8-10-18(17,3)4/h7,14,22H,1,8-13H2,2-6H3. The van der Waals surface area contributed by atoms with Crippen LogP contribution in [0.4, 0.5) is 0 Å². The van der Waals surface area contributed by atoms with Crippen LogP contribution < -0.4 is 0 Å². The van der Waals surface area contributed by atoms with Crippen LogP contribution in [0.5, 0.6) is 0 Å². The Labute approximate surface area is 135 Å². The Balaban J connectivity index is 2.42. The maximum Gasteiger partial charge on any atom is 0.159 e. The highest BCUT2D eigenvalue weighted by molar-refractivity contribution is 5.99. The van der Waals surface area contributed by atoms with E-state index >= 15 is 0 Å². The van der Waals surface area contributed by atoms with Crippen molar-refractivity contribution in [3.63, 3.8) is 0 Å². The number of Topliss-reactive ketones (excluding diaryl/α,β-unsaturated/α-hetero) is 1. The van der Waals surface area contributed by atoms with Crippen molar-refractivity contribution in [3.8, 4) is 0 Å². The molecule has 0 fully saturated rings. The lowest BCUT2D eigenvalue weighted by Gasteiger charge is -2.49. The summed E-state index contributed by atoms with van der Waals surface area (Å²) in [7, 11) is 0. The van der Waals surface area contributed by atoms with Crippen LogP contribution >= 0.6 is 0 Å². The molecule has 0 aliphatic heterocycles. The zero-order valence-electron chi connectivity index (χ0n) is 15.0. The summed E-state index contributed by atoms with van der Waals surface area (Å²) in [6.07, 6.45) is 7.20. The van der Waals surface area contributed by atoms with Gasteiger partial charge in [0.2, 0.25) is 0 Å². The van der Waals surface area contributed by atoms with Gasteiger partial charge in [0.1, 0.15) is 0 Å². The number of hydrogen-bond donors (Lipinski definition) is 1. The molecule has 0 radical (unpaired) electrons. The molecule has 0 amide bonds. The predicted octanol–water partition coefficient (Wildman–Crippen LogP) is 4.83. The quantitative estimate of drug-likeness (QED) is 0.756. The molecule has 2 heteroatoms. The topological polar surface area (TPSA) is 37.3 Å². The van der Waals surface area contributed by atoms with Gasteiger partial charge in [-0.1, -0.05) is 39.3 Å². The van der Waals surface area contributed by atoms with Crippen LogP contribution in [0.15, 0.2) is 23.8 Å². The Kier molecular flexibility index (Phi) is 4.47. The second kappa shape index (κ2) is 5.63. The third-order valence-electron chi connectivity index (χ3n) is 6.34. The fraction of sp³-hybridized carbons (Fsp3) is 0.750. The Morgan fingerprint density at radius 2 is 2.05 bits per heavy atom. The molecule has 2 aliphatic rings. The van der Waals surface area contributed by atoms with E-state index in [0.29, 0.717) is 24.5 Å². The normalized spacial score (nSPS) is 34.1. The summed E-state index contributed by atoms with van der Waals surface area (Å²) >= 11 is 0. The molecule has 2 aliphatic carbocycles. The number of rotatable bonds is 4. The minimum absolute atomic E-state index is 0.00697. The van der Waals surface area contributed by atoms with Crippen molar-refractivity contribution in [3.05, 3.63) is 23.8 Å². The van der Waals surface area contributed by atoms with Crippen LogP contribution in [-0.4, -0.2) is 16.5 Å². The van der Waals surface area contributed by atoms with E-state index in [4.69, 9.17) is 0 Å². The van der Waals surface area contributed by atoms with Gasteiger partial charge in [0.25, 0.3) is 0 Å². The third kappa shape index (κ3) is 2.95. The highest BCUT2D eigenvalue weighted by Gasteiger charge is 2.48. The number of aliphatic hydroxyl groups is 1. The number of ketones is 1. The molecule has 0 saturated heterocycles. The van der Waals surface area contributed by atoms with Gasteiger partial charge in [0, 0.05) is 12.0 Å². The molecule has 124 valence electrons. The first-order chi connectivity index (χ1) is 10.0. The summed E-state index contributed by atoms with van der Waals surface area (Å²) in [4.78, 5) is 12.7. The predicted molar refractivity (Wildman–Crippen MR) is 91.6 cm³/mol. The van der Waals surface area contributed by atoms with E-state index in [1.54, 1.807) is 6.08 Å². The van der Waals surface area contributed by atoms with Gasteiger partial charge in [-0.25, -0.2) is 0 Å². The Morgan fingerprint density at radius 1 is 1.41 bits per heavy atom. The van der Waals surface area contributed by atoms with Crippen molar-refractivity contribution in [1.29, 1.82) is 0 Å². The van der Waals surface area contributed by atoms with E-state index in [0.717, 1.165) is 24.8 Å². The molecule has 0 aromatic rings. The summed E-state index contributed by atoms with van der Waals surface area (Å²) in [5.74, 6) is 0.702. The molecule has 1 N–H and O–H groups in total. The molecular weight excluding hydrogens is 272 g/mol. The van der Waals surface area contributed by atoms with E-state index < -0.39 is 5.60 Å². The first-order valence-electron chi connectivity index (χ1n) is 8.67. The van der Waals surface area contributed by atoms with Crippen LogP contribution in [0.3, 0.4) is 0 Å². The lowest BCUT2D eigenvalue weighted by molar-refractivity contribution is -0.119. The molecule has 0 aromatic carbocycles. The van der Waals surface area contributed by atoms with E-state index in [1.165, 1.54) is 12.0 Å². The first kappa shape index (κ1) is 17.5. The molecule has 22 heavy (non-hydrogen) atoms. The average molecular weight is 304 g/mol. The monoisotopic (exact) mass is 304 g/mol. The summed E-state index contributed by atoms with van der Waals surface area (Å²) in [6.45, 7) is 14.5. The summed E-state index contributed by atoms with van der Waals surface area (Å²) in [5.41, 5.74) is 1.70. The van der Waals surface area contributed by atoms with Crippen molar-refractivity contribution in [1.82, 2.24) is 0 Å². The molecular formula is C20H32O2. The number of carbonyl (C=O) groups excluding carboxylic acids is 1. The fourth-order valence-electron chi connectivity index (χ4n) is 4.40. The highest BCUT2D eigenvalue weighted by atomic mass is 16.3. The van der Waals surface area contributed by atoms with Gasteiger partial charge in [0.05, 0.1) is 5.60 Å². The molecule has 0 aromatic heterocycles. The minimum Gasteiger partial charge on any atom is -0.386 e. The van der Waals surface area contributed by atoms with Gasteiger partial charge in [-0.15, -0.1) is 6.58 Å². The highest BCUT2D eigenvalue weighted by Crippen LogP contribution is 2.55. The van der Waals surface area contributed by atoms with Crippen LogP contribution in [-0.2, 0) is 4.79 Å². The number of carbonyl (C=O) groups is 1. The molecule has 3 unspecified atom stereocenters. The van der Waals surface area contributed by atoms with Crippen molar-refractivity contribution >= 4 is 5.78 Å². The number of allylic oxidation sites excluding steroid dienone is 2. The zero-order valence-corrected chi connectivity index (χ0v) is 15.0. The molecule has 0 saturated carbocycles. The minimum atomic E-state index is -0.824. The van der Waals surface area contributed by atoms with Crippen molar-refractivity contribution in [2.24, 2.45) is 16.7 Å². The molecule has 2 nitrogen and oxygen atoms in total. The lowest BCUT2D eigenvalue weighted by Crippen LogP contribution is -2.42. The first-order valence-corrected chi connectivity index (χ1v) is 8.67. The van der Waals surface area contributed by atoms with E-state index in [1.807, 2.05) is 6.92 Å². The van der Waals surface area contributed by atoms with Crippen LogP contribution in [0.2, 0.25) is 0 Å². The van der Waals surface area contributed by atoms with Crippen molar-refractivity contribution < 1.29 is 9.90 Å². The maximum atomic E-state index is 12.7. The molecule has 0 bridgehead atoms. The summed E-state index contributed by atoms with van der Waals surface area (Å²) in [5, 5.41) is 10.3. The summed E-state index contributed by atoms with van der Waals surface area (Å²) < 4.78 is 0. The molecule has 2 rings (SSSR count). The van der Waals surface area contributed by atoms with Crippen molar-refractivity contribution in [2.45, 2.75) is 78.7 Å². The Hall–Kier alpha value is -0.890. The second-order valence-corrected chi connectivity index (χ2v) is 8.60. The third-order valence-corrected chi connectivity index (χ3v) is 6.34. The van der Waals surface area contributed by atoms with Gasteiger partial charge >= 0.3 is 0 Å². The van der Waals surface area contributed by atoms with E-state index in [-0.39, 0.29) is 10.8 Å². The van der Waals surface area contributed by atoms with Crippen LogP contribution in [0.1, 0.15) is 73.1 Å². The second-order valence-electron chi connectivity index (χ2n) is 8.60. The zero-order chi connectivity index (χ0) is 16.8. The fourth-order valence-corrected chi connectivity index (χ4v) is 4.40. The van der Waals surface area contributed by atoms with Gasteiger partial charge in [-0.3, -0.25) is 4.79 Å². The van der Waals surface area contributed by atoms with E-state index in [2.05, 4.69) is 34.3 Å². The van der Waals surface area contributed by atoms with Gasteiger partial charge < -0.3 is 5.11 Å². The Bertz CT molecular complexity index is 510. The SMILES string of the molecule is C=CC(C)(O)CCC1(C)C2=C(C(=O)CC1C)C(C)(C)CCC2. The smallest absolute Gasteiger partial charge is 0.159 e. The number of hydrogen-bond acceptors (Lipinski definition) is 2. The van der Waals surface area contributed by atoms with Gasteiger partial charge in [-0.05, 0) is 55.8 Å². The van der Waals surface area contributed by atoms with Gasteiger partial charge in [0.15, 0.2) is 5.78 Å². The molecule has 0 spiro atoms. The van der Waals surface area contributed by atoms with Crippen LogP contribution in [0.25, 0.3) is 0 Å². The lowest BCUT2D eigenvalue weighted by atomic mass is 9.55. The van der Waals surface area contributed by atoms with Crippen molar-refractivity contribution in [2.75, 3.05) is 0 Å². The summed E-state index contributed by atoms with van der Waals surface area (Å²) in [6, 6.07) is 0. The average Bonchev–Trinajstić information content (AvgIpc) is 2.42. The maximum absolute atomic E-state index is 12.7. The van der Waals surface area contributed by atoms with Crippen LogP contribution in [0, 0.1) is 16.7 Å². The van der Waals surface area contributed by atoms with Gasteiger partial charge in [-0.2, -0.15) is 0 Å². The Morgan fingerprint density at radius 3 is 2.64 bits per heavy atom. The van der Waals surface area contributed by atoms with E-state index in [9.17, 15) is 9.90 Å². The largest absolute Gasteiger partial charge is 0.386 e. The molecule has 3 atom stereocenters. The molecule has 0 heterocycles.